The van der Waals surface area contributed by atoms with Gasteiger partial charge in [-0.15, -0.1) is 0 Å². The standard InChI is InChI=1S/C20H31NO5S/c1-6-27(24,25)21(11-7-8-15(3)19(22)23)17-13-20(4,5)26-18-10-9-14(2)12-16(17)18/h9-10,12,15,17H,6-8,11,13H2,1-5H3,(H,22,23). The minimum Gasteiger partial charge on any atom is -0.487 e. The molecule has 0 saturated heterocycles. The summed E-state index contributed by atoms with van der Waals surface area (Å²) < 4.78 is 33.4. The molecule has 1 aliphatic rings. The first-order valence-corrected chi connectivity index (χ1v) is 11.1. The molecule has 0 amide bonds. The van der Waals surface area contributed by atoms with Gasteiger partial charge < -0.3 is 9.84 Å². The summed E-state index contributed by atoms with van der Waals surface area (Å²) >= 11 is 0. The van der Waals surface area contributed by atoms with E-state index in [0.29, 0.717) is 25.8 Å². The van der Waals surface area contributed by atoms with Crippen molar-refractivity contribution in [2.75, 3.05) is 12.3 Å². The summed E-state index contributed by atoms with van der Waals surface area (Å²) in [5.41, 5.74) is 1.45. The molecule has 152 valence electrons. The number of aryl methyl sites for hydroxylation is 1. The van der Waals surface area contributed by atoms with Gasteiger partial charge in [-0.1, -0.05) is 24.6 Å². The maximum atomic E-state index is 12.9. The number of fused-ring (bicyclic) bond motifs is 1. The topological polar surface area (TPSA) is 83.9 Å². The molecule has 7 heteroatoms. The highest BCUT2D eigenvalue weighted by Crippen LogP contribution is 2.44. The highest BCUT2D eigenvalue weighted by atomic mass is 32.2. The molecule has 1 aliphatic heterocycles. The first-order chi connectivity index (χ1) is 12.5. The van der Waals surface area contributed by atoms with Crippen LogP contribution >= 0.6 is 0 Å². The van der Waals surface area contributed by atoms with E-state index in [9.17, 15) is 13.2 Å². The lowest BCUT2D eigenvalue weighted by Crippen LogP contribution is -2.44. The zero-order valence-electron chi connectivity index (χ0n) is 16.9. The van der Waals surface area contributed by atoms with Crippen LogP contribution in [0.25, 0.3) is 0 Å². The number of aliphatic carboxylic acids is 1. The number of hydrogen-bond donors (Lipinski definition) is 1. The summed E-state index contributed by atoms with van der Waals surface area (Å²) in [6.45, 7) is 9.51. The summed E-state index contributed by atoms with van der Waals surface area (Å²) in [5, 5.41) is 9.08. The van der Waals surface area contributed by atoms with Crippen molar-refractivity contribution < 1.29 is 23.1 Å². The second-order valence-corrected chi connectivity index (χ2v) is 10.2. The number of rotatable bonds is 8. The molecule has 0 fully saturated rings. The molecule has 0 spiro atoms. The zero-order chi connectivity index (χ0) is 20.4. The average Bonchev–Trinajstić information content (AvgIpc) is 2.57. The summed E-state index contributed by atoms with van der Waals surface area (Å²) in [6.07, 6.45) is 1.50. The minimum absolute atomic E-state index is 0.0143. The van der Waals surface area contributed by atoms with Crippen LogP contribution in [-0.2, 0) is 14.8 Å². The predicted octanol–water partition coefficient (Wildman–Crippen LogP) is 3.75. The van der Waals surface area contributed by atoms with Gasteiger partial charge in [-0.05, 0) is 46.6 Å². The average molecular weight is 398 g/mol. The molecule has 0 aromatic heterocycles. The van der Waals surface area contributed by atoms with Crippen molar-refractivity contribution >= 4 is 16.0 Å². The van der Waals surface area contributed by atoms with Gasteiger partial charge in [0, 0.05) is 18.5 Å². The third kappa shape index (κ3) is 5.23. The van der Waals surface area contributed by atoms with E-state index in [2.05, 4.69) is 0 Å². The molecule has 1 heterocycles. The summed E-state index contributed by atoms with van der Waals surface area (Å²) in [7, 11) is -3.45. The van der Waals surface area contributed by atoms with Crippen LogP contribution in [0, 0.1) is 12.8 Å². The molecule has 0 bridgehead atoms. The Balaban J connectivity index is 2.37. The molecule has 2 atom stereocenters. The second-order valence-electron chi connectivity index (χ2n) is 8.02. The third-order valence-corrected chi connectivity index (χ3v) is 6.98. The Kier molecular flexibility index (Phi) is 6.58. The molecular weight excluding hydrogens is 366 g/mol. The van der Waals surface area contributed by atoms with Gasteiger partial charge in [0.25, 0.3) is 0 Å². The molecule has 0 aliphatic carbocycles. The van der Waals surface area contributed by atoms with Gasteiger partial charge in [0.05, 0.1) is 17.7 Å². The van der Waals surface area contributed by atoms with E-state index >= 15 is 0 Å². The highest BCUT2D eigenvalue weighted by molar-refractivity contribution is 7.89. The number of ether oxygens (including phenoxy) is 1. The van der Waals surface area contributed by atoms with Crippen LogP contribution in [-0.4, -0.2) is 41.7 Å². The second kappa shape index (κ2) is 8.19. The van der Waals surface area contributed by atoms with Gasteiger partial charge >= 0.3 is 5.97 Å². The molecule has 1 N–H and O–H groups in total. The molecule has 0 saturated carbocycles. The molecule has 1 aromatic rings. The zero-order valence-corrected chi connectivity index (χ0v) is 17.7. The van der Waals surface area contributed by atoms with E-state index in [-0.39, 0.29) is 11.8 Å². The normalized spacial score (nSPS) is 20.0. The van der Waals surface area contributed by atoms with Crippen LogP contribution in [0.5, 0.6) is 5.75 Å². The smallest absolute Gasteiger partial charge is 0.306 e. The Morgan fingerprint density at radius 2 is 2.07 bits per heavy atom. The fourth-order valence-electron chi connectivity index (χ4n) is 3.52. The van der Waals surface area contributed by atoms with Gasteiger partial charge in [0.15, 0.2) is 0 Å². The van der Waals surface area contributed by atoms with Crippen LogP contribution in [0.2, 0.25) is 0 Å². The van der Waals surface area contributed by atoms with Crippen molar-refractivity contribution in [3.63, 3.8) is 0 Å². The lowest BCUT2D eigenvalue weighted by Gasteiger charge is -2.42. The Labute approximate surface area is 162 Å². The van der Waals surface area contributed by atoms with E-state index in [1.807, 2.05) is 39.0 Å². The molecule has 1 aromatic carbocycles. The Morgan fingerprint density at radius 3 is 2.67 bits per heavy atom. The Bertz CT molecular complexity index is 788. The van der Waals surface area contributed by atoms with Crippen molar-refractivity contribution in [3.05, 3.63) is 29.3 Å². The maximum Gasteiger partial charge on any atom is 0.306 e. The van der Waals surface area contributed by atoms with Crippen molar-refractivity contribution in [2.45, 2.75) is 65.5 Å². The predicted molar refractivity (Wildman–Crippen MR) is 105 cm³/mol. The van der Waals surface area contributed by atoms with Crippen LogP contribution in [0.1, 0.15) is 64.1 Å². The van der Waals surface area contributed by atoms with E-state index in [1.165, 1.54) is 0 Å². The number of carbonyl (C=O) groups is 1. The van der Waals surface area contributed by atoms with E-state index in [4.69, 9.17) is 9.84 Å². The largest absolute Gasteiger partial charge is 0.487 e. The third-order valence-electron chi connectivity index (χ3n) is 5.10. The number of nitrogens with zero attached hydrogens (tertiary/aromatic N) is 1. The Morgan fingerprint density at radius 1 is 1.41 bits per heavy atom. The number of carboxylic acids is 1. The maximum absolute atomic E-state index is 12.9. The van der Waals surface area contributed by atoms with Crippen LogP contribution in [0.3, 0.4) is 0 Å². The van der Waals surface area contributed by atoms with Gasteiger partial charge in [-0.3, -0.25) is 4.79 Å². The van der Waals surface area contributed by atoms with Crippen molar-refractivity contribution in [1.29, 1.82) is 0 Å². The molecular formula is C20H31NO5S. The Hall–Kier alpha value is -1.60. The number of sulfonamides is 1. The van der Waals surface area contributed by atoms with Crippen LogP contribution < -0.4 is 4.74 Å². The number of carboxylic acid groups (broad SMARTS) is 1. The first-order valence-electron chi connectivity index (χ1n) is 9.48. The van der Waals surface area contributed by atoms with E-state index in [0.717, 1.165) is 16.9 Å². The van der Waals surface area contributed by atoms with Crippen LogP contribution in [0.15, 0.2) is 18.2 Å². The highest BCUT2D eigenvalue weighted by Gasteiger charge is 2.40. The fourth-order valence-corrected chi connectivity index (χ4v) is 4.84. The summed E-state index contributed by atoms with van der Waals surface area (Å²) in [6, 6.07) is 5.55. The first kappa shape index (κ1) is 21.7. The van der Waals surface area contributed by atoms with Crippen molar-refractivity contribution in [1.82, 2.24) is 4.31 Å². The summed E-state index contributed by atoms with van der Waals surface area (Å²) in [4.78, 5) is 11.1. The fraction of sp³-hybridized carbons (Fsp3) is 0.650. The quantitative estimate of drug-likeness (QED) is 0.722. The molecule has 6 nitrogen and oxygen atoms in total. The molecule has 27 heavy (non-hydrogen) atoms. The van der Waals surface area contributed by atoms with Gasteiger partial charge in [0.2, 0.25) is 10.0 Å². The van der Waals surface area contributed by atoms with Gasteiger partial charge in [-0.25, -0.2) is 8.42 Å². The lowest BCUT2D eigenvalue weighted by molar-refractivity contribution is -0.141. The molecule has 0 radical (unpaired) electrons. The van der Waals surface area contributed by atoms with Crippen molar-refractivity contribution in [2.24, 2.45) is 5.92 Å². The molecule has 2 unspecified atom stereocenters. The molecule has 2 rings (SSSR count). The van der Waals surface area contributed by atoms with Crippen LogP contribution in [0.4, 0.5) is 0 Å². The van der Waals surface area contributed by atoms with E-state index < -0.39 is 27.5 Å². The van der Waals surface area contributed by atoms with Gasteiger partial charge in [0.1, 0.15) is 11.4 Å². The minimum atomic E-state index is -3.45. The number of hydrogen-bond acceptors (Lipinski definition) is 4. The SMILES string of the molecule is CCS(=O)(=O)N(CCCC(C)C(=O)O)C1CC(C)(C)Oc2ccc(C)cc21. The number of benzene rings is 1. The van der Waals surface area contributed by atoms with Crippen molar-refractivity contribution in [3.8, 4) is 5.75 Å². The lowest BCUT2D eigenvalue weighted by atomic mass is 9.88. The van der Waals surface area contributed by atoms with E-state index in [1.54, 1.807) is 18.2 Å². The summed E-state index contributed by atoms with van der Waals surface area (Å²) in [5.74, 6) is -0.609. The van der Waals surface area contributed by atoms with Gasteiger partial charge in [-0.2, -0.15) is 4.31 Å². The monoisotopic (exact) mass is 397 g/mol.